The zero-order valence-electron chi connectivity index (χ0n) is 16.0. The molecule has 1 saturated carbocycles. The van der Waals surface area contributed by atoms with Crippen LogP contribution >= 0.6 is 40.7 Å². The van der Waals surface area contributed by atoms with E-state index >= 15 is 0 Å². The molecule has 3 rings (SSSR count). The SMILES string of the molecule is COc1ccc(C(CN2CCC(N)CC2)C2(O)CCCCC2)cc1Br.Cl.Cl. The Hall–Kier alpha value is -0.0400. The van der Waals surface area contributed by atoms with Crippen molar-refractivity contribution in [1.29, 1.82) is 0 Å². The van der Waals surface area contributed by atoms with Gasteiger partial charge in [0.05, 0.1) is 17.2 Å². The maximum absolute atomic E-state index is 11.5. The molecule has 1 aliphatic carbocycles. The molecule has 4 nitrogen and oxygen atoms in total. The quantitative estimate of drug-likeness (QED) is 0.647. The van der Waals surface area contributed by atoms with Crippen molar-refractivity contribution in [3.63, 3.8) is 0 Å². The number of ether oxygens (including phenoxy) is 1. The van der Waals surface area contributed by atoms with Gasteiger partial charge in [-0.05, 0) is 72.4 Å². The first kappa shape index (κ1) is 25.0. The van der Waals surface area contributed by atoms with Gasteiger partial charge in [0.1, 0.15) is 5.75 Å². The van der Waals surface area contributed by atoms with Gasteiger partial charge in [0, 0.05) is 18.5 Å². The van der Waals surface area contributed by atoms with Crippen LogP contribution < -0.4 is 10.5 Å². The minimum atomic E-state index is -0.605. The molecule has 2 fully saturated rings. The molecular formula is C20H33BrCl2N2O2. The van der Waals surface area contributed by atoms with Crippen LogP contribution in [0.4, 0.5) is 0 Å². The van der Waals surface area contributed by atoms with Gasteiger partial charge in [0.2, 0.25) is 0 Å². The second kappa shape index (κ2) is 11.2. The van der Waals surface area contributed by atoms with Crippen LogP contribution in [0.2, 0.25) is 0 Å². The van der Waals surface area contributed by atoms with Gasteiger partial charge < -0.3 is 20.5 Å². The third-order valence-corrected chi connectivity index (χ3v) is 6.64. The molecule has 1 aromatic carbocycles. The fourth-order valence-electron chi connectivity index (χ4n) is 4.39. The Bertz CT molecular complexity index is 577. The molecule has 1 unspecified atom stereocenters. The van der Waals surface area contributed by atoms with Crippen LogP contribution in [-0.4, -0.2) is 48.4 Å². The van der Waals surface area contributed by atoms with Crippen LogP contribution in [0.3, 0.4) is 0 Å². The molecule has 0 aromatic heterocycles. The second-order valence-corrected chi connectivity index (χ2v) is 8.60. The van der Waals surface area contributed by atoms with E-state index in [9.17, 15) is 5.11 Å². The molecule has 1 saturated heterocycles. The van der Waals surface area contributed by atoms with Crippen molar-refractivity contribution >= 4 is 40.7 Å². The minimum absolute atomic E-state index is 0. The van der Waals surface area contributed by atoms with E-state index in [-0.39, 0.29) is 30.7 Å². The van der Waals surface area contributed by atoms with Gasteiger partial charge >= 0.3 is 0 Å². The summed E-state index contributed by atoms with van der Waals surface area (Å²) >= 11 is 3.61. The average molecular weight is 484 g/mol. The highest BCUT2D eigenvalue weighted by Gasteiger charge is 2.40. The Balaban J connectivity index is 0.00000182. The molecule has 0 radical (unpaired) electrons. The first-order valence-corrected chi connectivity index (χ1v) is 10.3. The van der Waals surface area contributed by atoms with E-state index in [1.54, 1.807) is 7.11 Å². The number of aliphatic hydroxyl groups is 1. The summed E-state index contributed by atoms with van der Waals surface area (Å²) in [5, 5.41) is 11.5. The zero-order valence-corrected chi connectivity index (χ0v) is 19.3. The maximum atomic E-state index is 11.5. The Morgan fingerprint density at radius 1 is 1.22 bits per heavy atom. The van der Waals surface area contributed by atoms with Crippen LogP contribution in [0.25, 0.3) is 0 Å². The Labute approximate surface area is 184 Å². The smallest absolute Gasteiger partial charge is 0.133 e. The van der Waals surface area contributed by atoms with Crippen molar-refractivity contribution in [3.8, 4) is 5.75 Å². The summed E-state index contributed by atoms with van der Waals surface area (Å²) in [7, 11) is 1.68. The number of halogens is 3. The molecule has 156 valence electrons. The predicted molar refractivity (Wildman–Crippen MR) is 120 cm³/mol. The number of hydrogen-bond donors (Lipinski definition) is 2. The van der Waals surface area contributed by atoms with Crippen LogP contribution in [0.1, 0.15) is 56.4 Å². The molecule has 27 heavy (non-hydrogen) atoms. The van der Waals surface area contributed by atoms with Gasteiger partial charge in [-0.25, -0.2) is 0 Å². The van der Waals surface area contributed by atoms with Crippen molar-refractivity contribution in [2.75, 3.05) is 26.7 Å². The first-order chi connectivity index (χ1) is 12.0. The minimum Gasteiger partial charge on any atom is -0.496 e. The molecule has 0 bridgehead atoms. The van der Waals surface area contributed by atoms with Crippen LogP contribution in [0, 0.1) is 0 Å². The summed E-state index contributed by atoms with van der Waals surface area (Å²) in [6.45, 7) is 2.97. The van der Waals surface area contributed by atoms with Crippen molar-refractivity contribution < 1.29 is 9.84 Å². The lowest BCUT2D eigenvalue weighted by Gasteiger charge is -2.43. The third kappa shape index (κ3) is 6.22. The standard InChI is InChI=1S/C20H31BrN2O2.2ClH/c1-25-19-6-5-15(13-18(19)21)17(20(24)9-3-2-4-10-20)14-23-11-7-16(22)8-12-23;;/h5-6,13,16-17,24H,2-4,7-12,14,22H2,1H3;2*1H. The van der Waals surface area contributed by atoms with Gasteiger partial charge in [0.15, 0.2) is 0 Å². The average Bonchev–Trinajstić information content (AvgIpc) is 2.61. The number of hydrogen-bond acceptors (Lipinski definition) is 4. The number of methoxy groups -OCH3 is 1. The summed E-state index contributed by atoms with van der Waals surface area (Å²) < 4.78 is 6.33. The van der Waals surface area contributed by atoms with Crippen LogP contribution in [0.15, 0.2) is 22.7 Å². The normalized spacial score (nSPS) is 21.6. The zero-order chi connectivity index (χ0) is 17.9. The first-order valence-electron chi connectivity index (χ1n) is 9.55. The predicted octanol–water partition coefficient (Wildman–Crippen LogP) is 4.50. The second-order valence-electron chi connectivity index (χ2n) is 7.75. The summed E-state index contributed by atoms with van der Waals surface area (Å²) in [4.78, 5) is 2.48. The molecule has 7 heteroatoms. The number of rotatable bonds is 5. The highest BCUT2D eigenvalue weighted by molar-refractivity contribution is 9.10. The van der Waals surface area contributed by atoms with Gasteiger partial charge in [-0.3, -0.25) is 0 Å². The molecule has 3 N–H and O–H groups in total. The van der Waals surface area contributed by atoms with E-state index in [2.05, 4.69) is 33.0 Å². The summed E-state index contributed by atoms with van der Waals surface area (Å²) in [5.41, 5.74) is 6.66. The number of likely N-dealkylation sites (tertiary alicyclic amines) is 1. The number of piperidine rings is 1. The molecular weight excluding hydrogens is 451 g/mol. The fourth-order valence-corrected chi connectivity index (χ4v) is 4.95. The summed E-state index contributed by atoms with van der Waals surface area (Å²) in [5.74, 6) is 0.964. The molecule has 2 aliphatic rings. The van der Waals surface area contributed by atoms with Crippen molar-refractivity contribution in [3.05, 3.63) is 28.2 Å². The van der Waals surface area contributed by atoms with Crippen molar-refractivity contribution in [1.82, 2.24) is 4.90 Å². The summed E-state index contributed by atoms with van der Waals surface area (Å²) in [6.07, 6.45) is 7.38. The third-order valence-electron chi connectivity index (χ3n) is 6.02. The Kier molecular flexibility index (Phi) is 10.4. The van der Waals surface area contributed by atoms with E-state index in [0.29, 0.717) is 6.04 Å². The van der Waals surface area contributed by atoms with Gasteiger partial charge in [0.25, 0.3) is 0 Å². The highest BCUT2D eigenvalue weighted by atomic mass is 79.9. The van der Waals surface area contributed by atoms with Gasteiger partial charge in [-0.1, -0.05) is 25.3 Å². The monoisotopic (exact) mass is 482 g/mol. The lowest BCUT2D eigenvalue weighted by atomic mass is 9.72. The molecule has 1 atom stereocenters. The molecule has 0 amide bonds. The fraction of sp³-hybridized carbons (Fsp3) is 0.700. The molecule has 1 aliphatic heterocycles. The number of benzene rings is 1. The molecule has 0 spiro atoms. The largest absolute Gasteiger partial charge is 0.496 e. The number of nitrogens with zero attached hydrogens (tertiary/aromatic N) is 1. The molecule has 1 aromatic rings. The van der Waals surface area contributed by atoms with Gasteiger partial charge in [-0.2, -0.15) is 0 Å². The van der Waals surface area contributed by atoms with Crippen LogP contribution in [0.5, 0.6) is 5.75 Å². The van der Waals surface area contributed by atoms with Crippen molar-refractivity contribution in [2.45, 2.75) is 62.5 Å². The Morgan fingerprint density at radius 2 is 1.85 bits per heavy atom. The lowest BCUT2D eigenvalue weighted by Crippen LogP contribution is -2.47. The Morgan fingerprint density at radius 3 is 2.41 bits per heavy atom. The van der Waals surface area contributed by atoms with Gasteiger partial charge in [-0.15, -0.1) is 24.8 Å². The van der Waals surface area contributed by atoms with Crippen LogP contribution in [-0.2, 0) is 0 Å². The van der Waals surface area contributed by atoms with E-state index in [4.69, 9.17) is 10.5 Å². The topological polar surface area (TPSA) is 58.7 Å². The van der Waals surface area contributed by atoms with Crippen molar-refractivity contribution in [2.24, 2.45) is 5.73 Å². The number of nitrogens with two attached hydrogens (primary N) is 1. The van der Waals surface area contributed by atoms with E-state index < -0.39 is 5.60 Å². The lowest BCUT2D eigenvalue weighted by molar-refractivity contribution is -0.0324. The molecule has 1 heterocycles. The maximum Gasteiger partial charge on any atom is 0.133 e. The van der Waals surface area contributed by atoms with E-state index in [0.717, 1.165) is 68.4 Å². The highest BCUT2D eigenvalue weighted by Crippen LogP contribution is 2.42. The van der Waals surface area contributed by atoms with E-state index in [1.807, 2.05) is 6.07 Å². The summed E-state index contributed by atoms with van der Waals surface area (Å²) in [6, 6.07) is 6.59. The van der Waals surface area contributed by atoms with E-state index in [1.165, 1.54) is 12.0 Å².